The second-order valence-electron chi connectivity index (χ2n) is 8.19. The second kappa shape index (κ2) is 7.25. The minimum absolute atomic E-state index is 0.0883. The van der Waals surface area contributed by atoms with Gasteiger partial charge in [-0.3, -0.25) is 9.59 Å². The Kier molecular flexibility index (Phi) is 4.52. The van der Waals surface area contributed by atoms with E-state index in [0.29, 0.717) is 17.8 Å². The van der Waals surface area contributed by atoms with Gasteiger partial charge in [0.05, 0.1) is 11.6 Å². The fourth-order valence-electron chi connectivity index (χ4n) is 4.61. The zero-order valence-electron chi connectivity index (χ0n) is 17.5. The Balaban J connectivity index is 1.68. The molecule has 3 aromatic rings. The molecule has 2 aliphatic heterocycles. The van der Waals surface area contributed by atoms with E-state index < -0.39 is 5.66 Å². The number of hydrogen-bond donors (Lipinski definition) is 2. The van der Waals surface area contributed by atoms with Gasteiger partial charge in [-0.05, 0) is 37.9 Å². The van der Waals surface area contributed by atoms with Gasteiger partial charge in [-0.1, -0.05) is 60.7 Å². The van der Waals surface area contributed by atoms with Gasteiger partial charge in [-0.25, -0.2) is 0 Å². The Bertz CT molecular complexity index is 1160. The maximum Gasteiger partial charge on any atom is 0.276 e. The van der Waals surface area contributed by atoms with E-state index in [1.807, 2.05) is 74.8 Å². The second-order valence-corrected chi connectivity index (χ2v) is 8.19. The summed E-state index contributed by atoms with van der Waals surface area (Å²) in [4.78, 5) is 31.1. The van der Waals surface area contributed by atoms with E-state index in [0.717, 1.165) is 16.8 Å². The summed E-state index contributed by atoms with van der Waals surface area (Å²) in [6.45, 7) is 0.346. The lowest BCUT2D eigenvalue weighted by Crippen LogP contribution is -2.62. The van der Waals surface area contributed by atoms with Crippen LogP contribution in [0.15, 0.2) is 78.9 Å². The molecule has 0 fully saturated rings. The van der Waals surface area contributed by atoms with Crippen molar-refractivity contribution in [2.45, 2.75) is 11.7 Å². The molecule has 0 aliphatic carbocycles. The zero-order chi connectivity index (χ0) is 21.6. The zero-order valence-corrected chi connectivity index (χ0v) is 17.5. The third kappa shape index (κ3) is 2.91. The number of nitrogens with one attached hydrogen (secondary N) is 2. The number of benzene rings is 3. The van der Waals surface area contributed by atoms with Crippen LogP contribution in [0.4, 0.5) is 11.4 Å². The number of hydrogen-bond acceptors (Lipinski definition) is 4. The average molecular weight is 412 g/mol. The number of fused-ring (bicyclic) bond motifs is 3. The van der Waals surface area contributed by atoms with Gasteiger partial charge >= 0.3 is 0 Å². The van der Waals surface area contributed by atoms with E-state index in [9.17, 15) is 9.59 Å². The summed E-state index contributed by atoms with van der Waals surface area (Å²) in [5.74, 6) is -0.411. The first-order valence-electron chi connectivity index (χ1n) is 10.3. The van der Waals surface area contributed by atoms with Crippen LogP contribution in [-0.2, 0) is 10.5 Å². The Morgan fingerprint density at radius 1 is 0.871 bits per heavy atom. The maximum absolute atomic E-state index is 13.8. The molecule has 2 atom stereocenters. The van der Waals surface area contributed by atoms with Crippen molar-refractivity contribution in [3.8, 4) is 0 Å². The standard InChI is InChI=1S/C25H24N4O2/c1-28(2)22(17-10-4-3-5-11-17)16-29-23(30)18-12-6-8-14-20(18)27-25(29)19-13-7-9-15-21(19)26-24(25)31/h3-15,22,27H,16H2,1-2H3,(H,26,31). The number of nitrogens with zero attached hydrogens (tertiary/aromatic N) is 2. The number of para-hydroxylation sites is 2. The molecule has 2 heterocycles. The van der Waals surface area contributed by atoms with Crippen molar-refractivity contribution in [1.82, 2.24) is 9.80 Å². The molecule has 6 nitrogen and oxygen atoms in total. The summed E-state index contributed by atoms with van der Waals surface area (Å²) in [6, 6.07) is 24.9. The van der Waals surface area contributed by atoms with Crippen LogP contribution in [0.2, 0.25) is 0 Å². The van der Waals surface area contributed by atoms with Gasteiger partial charge in [0, 0.05) is 23.5 Å². The molecule has 0 aromatic heterocycles. The fraction of sp³-hybridized carbons (Fsp3) is 0.200. The Morgan fingerprint density at radius 3 is 2.26 bits per heavy atom. The van der Waals surface area contributed by atoms with Gasteiger partial charge < -0.3 is 20.4 Å². The smallest absolute Gasteiger partial charge is 0.276 e. The molecule has 3 aromatic carbocycles. The van der Waals surface area contributed by atoms with Gasteiger partial charge in [0.25, 0.3) is 11.8 Å². The number of carbonyl (C=O) groups is 2. The van der Waals surface area contributed by atoms with Crippen molar-refractivity contribution in [2.75, 3.05) is 31.3 Å². The lowest BCUT2D eigenvalue weighted by Gasteiger charge is -2.46. The molecule has 0 saturated heterocycles. The number of rotatable bonds is 4. The normalized spacial score (nSPS) is 20.3. The van der Waals surface area contributed by atoms with Crippen LogP contribution in [0, 0.1) is 0 Å². The molecule has 156 valence electrons. The van der Waals surface area contributed by atoms with Gasteiger partial charge in [0.1, 0.15) is 0 Å². The van der Waals surface area contributed by atoms with E-state index >= 15 is 0 Å². The monoisotopic (exact) mass is 412 g/mol. The summed E-state index contributed by atoms with van der Waals surface area (Å²) in [7, 11) is 3.98. The molecule has 0 radical (unpaired) electrons. The summed E-state index contributed by atoms with van der Waals surface area (Å²) in [6.07, 6.45) is 0. The Hall–Kier alpha value is -3.64. The van der Waals surface area contributed by atoms with Gasteiger partial charge in [0.2, 0.25) is 5.66 Å². The van der Waals surface area contributed by atoms with Crippen LogP contribution in [0.25, 0.3) is 0 Å². The largest absolute Gasteiger partial charge is 0.350 e. The predicted molar refractivity (Wildman–Crippen MR) is 121 cm³/mol. The highest BCUT2D eigenvalue weighted by atomic mass is 16.2. The van der Waals surface area contributed by atoms with Crippen molar-refractivity contribution in [1.29, 1.82) is 0 Å². The molecule has 2 N–H and O–H groups in total. The third-order valence-electron chi connectivity index (χ3n) is 6.18. The molecule has 6 heteroatoms. The van der Waals surface area contributed by atoms with Gasteiger partial charge in [-0.15, -0.1) is 0 Å². The topological polar surface area (TPSA) is 64.7 Å². The van der Waals surface area contributed by atoms with E-state index in [1.54, 1.807) is 11.0 Å². The first-order valence-corrected chi connectivity index (χ1v) is 10.3. The molecule has 2 unspecified atom stereocenters. The highest BCUT2D eigenvalue weighted by Crippen LogP contribution is 2.46. The Morgan fingerprint density at radius 2 is 1.52 bits per heavy atom. The van der Waals surface area contributed by atoms with Crippen LogP contribution >= 0.6 is 0 Å². The SMILES string of the molecule is CN(C)C(CN1C(=O)c2ccccc2NC12C(=O)Nc1ccccc12)c1ccccc1. The molecule has 2 amide bonds. The molecule has 0 saturated carbocycles. The molecule has 5 rings (SSSR count). The van der Waals surface area contributed by atoms with Crippen molar-refractivity contribution >= 4 is 23.2 Å². The quantitative estimate of drug-likeness (QED) is 0.686. The lowest BCUT2D eigenvalue weighted by molar-refractivity contribution is -0.125. The number of likely N-dealkylation sites (N-methyl/N-ethyl adjacent to an activating group) is 1. The van der Waals surface area contributed by atoms with Crippen LogP contribution in [0.5, 0.6) is 0 Å². The Labute approximate surface area is 181 Å². The third-order valence-corrected chi connectivity index (χ3v) is 6.18. The molecular weight excluding hydrogens is 388 g/mol. The minimum atomic E-state index is -1.30. The number of anilines is 2. The first kappa shape index (κ1) is 19.3. The molecule has 1 spiro atoms. The van der Waals surface area contributed by atoms with Crippen molar-refractivity contribution in [3.63, 3.8) is 0 Å². The van der Waals surface area contributed by atoms with Crippen molar-refractivity contribution in [2.24, 2.45) is 0 Å². The van der Waals surface area contributed by atoms with E-state index in [1.165, 1.54) is 0 Å². The maximum atomic E-state index is 13.8. The molecule has 31 heavy (non-hydrogen) atoms. The molecular formula is C25H24N4O2. The summed E-state index contributed by atoms with van der Waals surface area (Å²) < 4.78 is 0. The summed E-state index contributed by atoms with van der Waals surface area (Å²) >= 11 is 0. The molecule has 2 aliphatic rings. The summed E-state index contributed by atoms with van der Waals surface area (Å²) in [5, 5.41) is 6.40. The fourth-order valence-corrected chi connectivity index (χ4v) is 4.61. The highest BCUT2D eigenvalue weighted by Gasteiger charge is 2.56. The predicted octanol–water partition coefficient (Wildman–Crippen LogP) is 3.66. The van der Waals surface area contributed by atoms with Crippen LogP contribution < -0.4 is 10.6 Å². The van der Waals surface area contributed by atoms with E-state index in [2.05, 4.69) is 27.7 Å². The number of carbonyl (C=O) groups excluding carboxylic acids is 2. The van der Waals surface area contributed by atoms with Crippen molar-refractivity contribution < 1.29 is 9.59 Å². The van der Waals surface area contributed by atoms with Crippen LogP contribution in [0.3, 0.4) is 0 Å². The number of amides is 2. The summed E-state index contributed by atoms with van der Waals surface area (Å²) in [5.41, 5.74) is 2.49. The first-order chi connectivity index (χ1) is 15.0. The van der Waals surface area contributed by atoms with Crippen LogP contribution in [0.1, 0.15) is 27.5 Å². The van der Waals surface area contributed by atoms with Crippen molar-refractivity contribution in [3.05, 3.63) is 95.6 Å². The highest BCUT2D eigenvalue weighted by molar-refractivity contribution is 6.14. The lowest BCUT2D eigenvalue weighted by atomic mass is 9.91. The van der Waals surface area contributed by atoms with Crippen LogP contribution in [-0.4, -0.2) is 42.3 Å². The van der Waals surface area contributed by atoms with Gasteiger partial charge in [-0.2, -0.15) is 0 Å². The van der Waals surface area contributed by atoms with Gasteiger partial charge in [0.15, 0.2) is 0 Å². The van der Waals surface area contributed by atoms with E-state index in [-0.39, 0.29) is 17.9 Å². The van der Waals surface area contributed by atoms with E-state index in [4.69, 9.17) is 0 Å². The average Bonchev–Trinajstić information content (AvgIpc) is 3.06. The molecule has 0 bridgehead atoms. The minimum Gasteiger partial charge on any atom is -0.350 e.